The molecule has 22 heavy (non-hydrogen) atoms. The predicted octanol–water partition coefficient (Wildman–Crippen LogP) is 1.10. The summed E-state index contributed by atoms with van der Waals surface area (Å²) in [5.41, 5.74) is 1.24. The van der Waals surface area contributed by atoms with Crippen molar-refractivity contribution in [3.63, 3.8) is 0 Å². The predicted molar refractivity (Wildman–Crippen MR) is 87.1 cm³/mol. The lowest BCUT2D eigenvalue weighted by molar-refractivity contribution is -0.146. The summed E-state index contributed by atoms with van der Waals surface area (Å²) in [5, 5.41) is 3.22. The van der Waals surface area contributed by atoms with Gasteiger partial charge in [-0.1, -0.05) is 18.2 Å². The molecule has 0 radical (unpaired) electrons. The highest BCUT2D eigenvalue weighted by molar-refractivity contribution is 5.81. The Morgan fingerprint density at radius 3 is 2.64 bits per heavy atom. The third kappa shape index (κ3) is 3.42. The van der Waals surface area contributed by atoms with Crippen molar-refractivity contribution in [1.82, 2.24) is 10.2 Å². The van der Waals surface area contributed by atoms with Crippen LogP contribution in [0.4, 0.5) is 5.69 Å². The number of anilines is 1. The molecule has 1 N–H and O–H groups in total. The number of likely N-dealkylation sites (tertiary alicyclic amines) is 1. The van der Waals surface area contributed by atoms with Gasteiger partial charge in [-0.3, -0.25) is 4.79 Å². The van der Waals surface area contributed by atoms with E-state index in [9.17, 15) is 4.79 Å². The number of piperidine rings is 1. The van der Waals surface area contributed by atoms with Crippen LogP contribution in [0.15, 0.2) is 30.3 Å². The summed E-state index contributed by atoms with van der Waals surface area (Å²) in [6, 6.07) is 10.9. The van der Waals surface area contributed by atoms with Crippen LogP contribution >= 0.6 is 0 Å². The fraction of sp³-hybridized carbons (Fsp3) is 0.588. The maximum atomic E-state index is 12.4. The smallest absolute Gasteiger partial charge is 0.253 e. The summed E-state index contributed by atoms with van der Waals surface area (Å²) < 4.78 is 5.57. The van der Waals surface area contributed by atoms with Crippen LogP contribution < -0.4 is 10.2 Å². The number of hydrogen-bond acceptors (Lipinski definition) is 4. The summed E-state index contributed by atoms with van der Waals surface area (Å²) in [5.74, 6) is 0.146. The minimum atomic E-state index is -0.294. The summed E-state index contributed by atoms with van der Waals surface area (Å²) in [6.07, 6.45) is 1.73. The van der Waals surface area contributed by atoms with Crippen LogP contribution in [0.5, 0.6) is 0 Å². The van der Waals surface area contributed by atoms with Crippen molar-refractivity contribution in [1.29, 1.82) is 0 Å². The Morgan fingerprint density at radius 1 is 1.27 bits per heavy atom. The van der Waals surface area contributed by atoms with Gasteiger partial charge in [0.05, 0.1) is 6.61 Å². The fourth-order valence-corrected chi connectivity index (χ4v) is 3.28. The highest BCUT2D eigenvalue weighted by atomic mass is 16.5. The van der Waals surface area contributed by atoms with E-state index in [-0.39, 0.29) is 12.0 Å². The molecule has 0 saturated carbocycles. The van der Waals surface area contributed by atoms with Crippen molar-refractivity contribution >= 4 is 11.6 Å². The van der Waals surface area contributed by atoms with Gasteiger partial charge >= 0.3 is 0 Å². The second kappa shape index (κ2) is 7.11. The van der Waals surface area contributed by atoms with E-state index in [0.29, 0.717) is 19.2 Å². The van der Waals surface area contributed by atoms with Gasteiger partial charge in [-0.2, -0.15) is 0 Å². The molecule has 2 saturated heterocycles. The third-order valence-corrected chi connectivity index (χ3v) is 4.69. The van der Waals surface area contributed by atoms with Crippen LogP contribution in [0.3, 0.4) is 0 Å². The molecule has 0 aromatic heterocycles. The average molecular weight is 303 g/mol. The average Bonchev–Trinajstić information content (AvgIpc) is 2.62. The summed E-state index contributed by atoms with van der Waals surface area (Å²) >= 11 is 0. The monoisotopic (exact) mass is 303 g/mol. The Hall–Kier alpha value is -1.59. The molecule has 1 aromatic carbocycles. The van der Waals surface area contributed by atoms with E-state index >= 15 is 0 Å². The van der Waals surface area contributed by atoms with Crippen LogP contribution in [0.1, 0.15) is 12.8 Å². The number of para-hydroxylation sites is 1. The number of morpholine rings is 1. The molecule has 0 aliphatic carbocycles. The van der Waals surface area contributed by atoms with Crippen LogP contribution in [-0.2, 0) is 9.53 Å². The number of carbonyl (C=O) groups is 1. The Labute approximate surface area is 132 Å². The molecule has 2 fully saturated rings. The first-order valence-electron chi connectivity index (χ1n) is 8.14. The zero-order chi connectivity index (χ0) is 15.4. The van der Waals surface area contributed by atoms with Gasteiger partial charge in [0.15, 0.2) is 0 Å². The summed E-state index contributed by atoms with van der Waals surface area (Å²) in [4.78, 5) is 16.7. The van der Waals surface area contributed by atoms with Crippen molar-refractivity contribution in [2.45, 2.75) is 25.0 Å². The Kier molecular flexibility index (Phi) is 4.95. The van der Waals surface area contributed by atoms with Gasteiger partial charge in [0.2, 0.25) is 0 Å². The first-order chi connectivity index (χ1) is 10.8. The normalized spacial score (nSPS) is 23.3. The van der Waals surface area contributed by atoms with Gasteiger partial charge in [0, 0.05) is 45.0 Å². The van der Waals surface area contributed by atoms with E-state index < -0.39 is 0 Å². The number of carbonyl (C=O) groups excluding carboxylic acids is 1. The Bertz CT molecular complexity index is 480. The van der Waals surface area contributed by atoms with Crippen molar-refractivity contribution in [2.24, 2.45) is 0 Å². The number of nitrogens with one attached hydrogen (secondary N) is 1. The van der Waals surface area contributed by atoms with Gasteiger partial charge in [-0.25, -0.2) is 0 Å². The zero-order valence-corrected chi connectivity index (χ0v) is 13.2. The second-order valence-electron chi connectivity index (χ2n) is 6.07. The standard InChI is InChI=1S/C17H25N3O2/c1-19(14-5-3-2-4-6-14)15-7-10-20(11-8-15)17(21)16-13-18-9-12-22-16/h2-6,15-16,18H,7-13H2,1H3. The maximum Gasteiger partial charge on any atom is 0.253 e. The minimum Gasteiger partial charge on any atom is -0.371 e. The van der Waals surface area contributed by atoms with E-state index in [4.69, 9.17) is 4.74 Å². The van der Waals surface area contributed by atoms with Gasteiger partial charge in [-0.05, 0) is 25.0 Å². The third-order valence-electron chi connectivity index (χ3n) is 4.69. The van der Waals surface area contributed by atoms with Crippen molar-refractivity contribution in [2.75, 3.05) is 44.7 Å². The number of nitrogens with zero attached hydrogens (tertiary/aromatic N) is 2. The molecular formula is C17H25N3O2. The molecule has 1 unspecified atom stereocenters. The van der Waals surface area contributed by atoms with Crippen LogP contribution in [0.25, 0.3) is 0 Å². The fourth-order valence-electron chi connectivity index (χ4n) is 3.28. The Balaban J connectivity index is 1.52. The molecule has 3 rings (SSSR count). The van der Waals surface area contributed by atoms with Crippen molar-refractivity contribution in [3.05, 3.63) is 30.3 Å². The molecule has 1 aromatic rings. The molecule has 2 aliphatic rings. The maximum absolute atomic E-state index is 12.4. The number of ether oxygens (including phenoxy) is 1. The summed E-state index contributed by atoms with van der Waals surface area (Å²) in [7, 11) is 2.14. The topological polar surface area (TPSA) is 44.8 Å². The molecule has 0 bridgehead atoms. The van der Waals surface area contributed by atoms with Crippen LogP contribution in [0, 0.1) is 0 Å². The van der Waals surface area contributed by atoms with E-state index in [1.807, 2.05) is 11.0 Å². The first kappa shape index (κ1) is 15.3. The molecule has 120 valence electrons. The molecular weight excluding hydrogens is 278 g/mol. The largest absolute Gasteiger partial charge is 0.371 e. The summed E-state index contributed by atoms with van der Waals surface area (Å²) in [6.45, 7) is 3.75. The molecule has 5 heteroatoms. The van der Waals surface area contributed by atoms with E-state index in [0.717, 1.165) is 32.5 Å². The number of rotatable bonds is 3. The lowest BCUT2D eigenvalue weighted by Crippen LogP contribution is -2.53. The molecule has 5 nitrogen and oxygen atoms in total. The first-order valence-corrected chi connectivity index (χ1v) is 8.14. The highest BCUT2D eigenvalue weighted by Gasteiger charge is 2.30. The van der Waals surface area contributed by atoms with Crippen molar-refractivity contribution in [3.8, 4) is 0 Å². The number of benzene rings is 1. The Morgan fingerprint density at radius 2 is 2.00 bits per heavy atom. The van der Waals surface area contributed by atoms with E-state index in [1.165, 1.54) is 5.69 Å². The molecule has 1 amide bonds. The zero-order valence-electron chi connectivity index (χ0n) is 13.2. The van der Waals surface area contributed by atoms with Gasteiger partial charge < -0.3 is 19.9 Å². The van der Waals surface area contributed by atoms with Gasteiger partial charge in [0.1, 0.15) is 6.10 Å². The van der Waals surface area contributed by atoms with E-state index in [1.54, 1.807) is 0 Å². The van der Waals surface area contributed by atoms with Crippen LogP contribution in [0.2, 0.25) is 0 Å². The van der Waals surface area contributed by atoms with Gasteiger partial charge in [0.25, 0.3) is 5.91 Å². The number of amides is 1. The van der Waals surface area contributed by atoms with Crippen molar-refractivity contribution < 1.29 is 9.53 Å². The second-order valence-corrected chi connectivity index (χ2v) is 6.07. The lowest BCUT2D eigenvalue weighted by atomic mass is 10.0. The quantitative estimate of drug-likeness (QED) is 0.908. The SMILES string of the molecule is CN(c1ccccc1)C1CCN(C(=O)C2CNCCO2)CC1. The molecule has 0 spiro atoms. The molecule has 2 aliphatic heterocycles. The lowest BCUT2D eigenvalue weighted by Gasteiger charge is -2.39. The van der Waals surface area contributed by atoms with E-state index in [2.05, 4.69) is 41.5 Å². The minimum absolute atomic E-state index is 0.146. The van der Waals surface area contributed by atoms with Gasteiger partial charge in [-0.15, -0.1) is 0 Å². The van der Waals surface area contributed by atoms with Crippen LogP contribution in [-0.4, -0.2) is 62.8 Å². The highest BCUT2D eigenvalue weighted by Crippen LogP contribution is 2.22. The molecule has 2 heterocycles. The number of hydrogen-bond donors (Lipinski definition) is 1. The molecule has 1 atom stereocenters.